The van der Waals surface area contributed by atoms with Gasteiger partial charge in [-0.25, -0.2) is 0 Å². The number of aryl methyl sites for hydroxylation is 1. The van der Waals surface area contributed by atoms with Gasteiger partial charge < -0.3 is 13.9 Å². The minimum atomic E-state index is 0.103. The van der Waals surface area contributed by atoms with Crippen LogP contribution in [0.4, 0.5) is 0 Å². The van der Waals surface area contributed by atoms with Crippen molar-refractivity contribution in [2.75, 3.05) is 13.2 Å². The molecule has 4 rings (SSSR count). The lowest BCUT2D eigenvalue weighted by molar-refractivity contribution is -0.0820. The maximum absolute atomic E-state index is 6.22. The molecule has 0 aromatic carbocycles. The number of likely N-dealkylation sites (tertiary alicyclic amines) is 1. The molecule has 0 amide bonds. The molecule has 3 atom stereocenters. The zero-order valence-electron chi connectivity index (χ0n) is 14.8. The van der Waals surface area contributed by atoms with Gasteiger partial charge in [0.25, 0.3) is 0 Å². The molecule has 2 aliphatic heterocycles. The van der Waals surface area contributed by atoms with Crippen LogP contribution < -0.4 is 0 Å². The van der Waals surface area contributed by atoms with Crippen LogP contribution in [0.2, 0.25) is 0 Å². The molecule has 0 unspecified atom stereocenters. The van der Waals surface area contributed by atoms with Gasteiger partial charge in [-0.1, -0.05) is 13.0 Å². The molecule has 0 radical (unpaired) electrons. The molecule has 4 heterocycles. The number of hydrogen-bond acceptors (Lipinski definition) is 5. The number of fused-ring (bicyclic) bond motifs is 1. The first-order valence-electron chi connectivity index (χ1n) is 9.27. The van der Waals surface area contributed by atoms with Crippen molar-refractivity contribution in [2.24, 2.45) is 0 Å². The van der Waals surface area contributed by atoms with Crippen LogP contribution in [0.15, 0.2) is 41.1 Å². The molecule has 0 spiro atoms. The van der Waals surface area contributed by atoms with E-state index in [1.54, 1.807) is 6.20 Å². The van der Waals surface area contributed by atoms with Gasteiger partial charge in [0.1, 0.15) is 17.6 Å². The van der Waals surface area contributed by atoms with Gasteiger partial charge in [-0.15, -0.1) is 0 Å². The minimum absolute atomic E-state index is 0.103. The van der Waals surface area contributed by atoms with E-state index in [0.29, 0.717) is 12.6 Å². The summed E-state index contributed by atoms with van der Waals surface area (Å²) in [5.41, 5.74) is 1.10. The summed E-state index contributed by atoms with van der Waals surface area (Å²) in [4.78, 5) is 6.63. The number of hydrogen-bond donors (Lipinski definition) is 0. The molecule has 2 fully saturated rings. The fourth-order valence-electron chi connectivity index (χ4n) is 3.92. The highest BCUT2D eigenvalue weighted by atomic mass is 16.5. The van der Waals surface area contributed by atoms with Crippen LogP contribution in [0.3, 0.4) is 0 Å². The number of furan rings is 1. The Bertz CT molecular complexity index is 673. The number of nitrogens with zero attached hydrogens (tertiary/aromatic N) is 2. The van der Waals surface area contributed by atoms with Crippen molar-refractivity contribution >= 4 is 0 Å². The molecule has 134 valence electrons. The summed E-state index contributed by atoms with van der Waals surface area (Å²) >= 11 is 0. The van der Waals surface area contributed by atoms with Crippen LogP contribution in [0.1, 0.15) is 36.8 Å². The average Bonchev–Trinajstić information content (AvgIpc) is 3.26. The standard InChI is InChI=1S/C20H26N2O3/c1-2-16-7-8-17(25-16)12-22-13-19(20-18(22)6-4-10-23-20)24-14-15-5-3-9-21-11-15/h3,5,7-9,11,18-20H,2,4,6,10,12-14H2,1H3/t18-,19-,20+/m1/s1. The SMILES string of the molecule is CCc1ccc(CN2C[C@@H](OCc3cccnc3)[C@H]3OCCC[C@H]32)o1. The molecular formula is C20H26N2O3. The molecule has 2 aliphatic rings. The van der Waals surface area contributed by atoms with Gasteiger partial charge in [-0.05, 0) is 36.6 Å². The van der Waals surface area contributed by atoms with Crippen LogP contribution in [-0.2, 0) is 29.0 Å². The summed E-state index contributed by atoms with van der Waals surface area (Å²) in [6, 6.07) is 8.59. The Balaban J connectivity index is 1.42. The molecule has 5 nitrogen and oxygen atoms in total. The molecule has 0 N–H and O–H groups in total. The monoisotopic (exact) mass is 342 g/mol. The lowest BCUT2D eigenvalue weighted by Crippen LogP contribution is -2.41. The largest absolute Gasteiger partial charge is 0.465 e. The molecule has 25 heavy (non-hydrogen) atoms. The van der Waals surface area contributed by atoms with Crippen molar-refractivity contribution in [1.29, 1.82) is 0 Å². The van der Waals surface area contributed by atoms with E-state index in [-0.39, 0.29) is 12.2 Å². The molecular weight excluding hydrogens is 316 g/mol. The van der Waals surface area contributed by atoms with E-state index in [4.69, 9.17) is 13.9 Å². The Morgan fingerprint density at radius 1 is 1.28 bits per heavy atom. The summed E-state index contributed by atoms with van der Waals surface area (Å²) in [5.74, 6) is 2.09. The number of rotatable bonds is 6. The van der Waals surface area contributed by atoms with Crippen LogP contribution in [-0.4, -0.2) is 41.3 Å². The quantitative estimate of drug-likeness (QED) is 0.807. The summed E-state index contributed by atoms with van der Waals surface area (Å²) in [7, 11) is 0. The Morgan fingerprint density at radius 3 is 3.00 bits per heavy atom. The summed E-state index contributed by atoms with van der Waals surface area (Å²) < 4.78 is 18.2. The summed E-state index contributed by atoms with van der Waals surface area (Å²) in [6.45, 7) is 5.25. The van der Waals surface area contributed by atoms with Crippen LogP contribution in [0.25, 0.3) is 0 Å². The Morgan fingerprint density at radius 2 is 2.20 bits per heavy atom. The zero-order valence-corrected chi connectivity index (χ0v) is 14.8. The van der Waals surface area contributed by atoms with Crippen molar-refractivity contribution < 1.29 is 13.9 Å². The first-order chi connectivity index (χ1) is 12.3. The van der Waals surface area contributed by atoms with Crippen LogP contribution >= 0.6 is 0 Å². The number of aromatic nitrogens is 1. The molecule has 0 aliphatic carbocycles. The molecule has 2 aromatic heterocycles. The highest BCUT2D eigenvalue weighted by Gasteiger charge is 2.44. The van der Waals surface area contributed by atoms with E-state index in [1.807, 2.05) is 18.3 Å². The molecule has 0 saturated carbocycles. The van der Waals surface area contributed by atoms with E-state index in [1.165, 1.54) is 6.42 Å². The van der Waals surface area contributed by atoms with E-state index >= 15 is 0 Å². The maximum atomic E-state index is 6.22. The van der Waals surface area contributed by atoms with Gasteiger partial charge in [0.05, 0.1) is 19.3 Å². The zero-order chi connectivity index (χ0) is 17.1. The summed E-state index contributed by atoms with van der Waals surface area (Å²) in [6.07, 6.45) is 7.13. The van der Waals surface area contributed by atoms with Crippen molar-refractivity contribution in [3.8, 4) is 0 Å². The second-order valence-electron chi connectivity index (χ2n) is 6.91. The van der Waals surface area contributed by atoms with Gasteiger partial charge in [0.15, 0.2) is 0 Å². The van der Waals surface area contributed by atoms with Gasteiger partial charge in [0, 0.05) is 38.0 Å². The van der Waals surface area contributed by atoms with Gasteiger partial charge >= 0.3 is 0 Å². The lowest BCUT2D eigenvalue weighted by Gasteiger charge is -2.32. The highest BCUT2D eigenvalue weighted by Crippen LogP contribution is 2.32. The lowest BCUT2D eigenvalue weighted by atomic mass is 10.0. The van der Waals surface area contributed by atoms with E-state index in [2.05, 4.69) is 28.9 Å². The average molecular weight is 342 g/mol. The van der Waals surface area contributed by atoms with Crippen LogP contribution in [0, 0.1) is 0 Å². The fourth-order valence-corrected chi connectivity index (χ4v) is 3.92. The van der Waals surface area contributed by atoms with E-state index in [9.17, 15) is 0 Å². The predicted octanol–water partition coefficient (Wildman–Crippen LogP) is 3.19. The van der Waals surface area contributed by atoms with Gasteiger partial charge in [-0.3, -0.25) is 9.88 Å². The van der Waals surface area contributed by atoms with Gasteiger partial charge in [0.2, 0.25) is 0 Å². The second-order valence-corrected chi connectivity index (χ2v) is 6.91. The van der Waals surface area contributed by atoms with E-state index < -0.39 is 0 Å². The predicted molar refractivity (Wildman–Crippen MR) is 94.1 cm³/mol. The van der Waals surface area contributed by atoms with Crippen molar-refractivity contribution in [3.63, 3.8) is 0 Å². The minimum Gasteiger partial charge on any atom is -0.465 e. The molecule has 0 bridgehead atoms. The molecule has 2 aromatic rings. The number of ether oxygens (including phenoxy) is 2. The normalized spacial score (nSPS) is 26.7. The molecule has 2 saturated heterocycles. The second kappa shape index (κ2) is 7.68. The first-order valence-corrected chi connectivity index (χ1v) is 9.27. The topological polar surface area (TPSA) is 47.7 Å². The third kappa shape index (κ3) is 3.78. The van der Waals surface area contributed by atoms with E-state index in [0.717, 1.165) is 49.6 Å². The van der Waals surface area contributed by atoms with Crippen LogP contribution in [0.5, 0.6) is 0 Å². The van der Waals surface area contributed by atoms with Crippen molar-refractivity contribution in [3.05, 3.63) is 53.7 Å². The van der Waals surface area contributed by atoms with Crippen molar-refractivity contribution in [1.82, 2.24) is 9.88 Å². The Labute approximate surface area is 148 Å². The maximum Gasteiger partial charge on any atom is 0.118 e. The first kappa shape index (κ1) is 16.8. The number of pyridine rings is 1. The Hall–Kier alpha value is -1.69. The third-order valence-electron chi connectivity index (χ3n) is 5.20. The summed E-state index contributed by atoms with van der Waals surface area (Å²) in [5, 5.41) is 0. The Kier molecular flexibility index (Phi) is 5.15. The van der Waals surface area contributed by atoms with Gasteiger partial charge in [-0.2, -0.15) is 0 Å². The fraction of sp³-hybridized carbons (Fsp3) is 0.550. The molecule has 5 heteroatoms. The third-order valence-corrected chi connectivity index (χ3v) is 5.20. The van der Waals surface area contributed by atoms with Crippen molar-refractivity contribution in [2.45, 2.75) is 57.6 Å². The highest BCUT2D eigenvalue weighted by molar-refractivity contribution is 5.10. The smallest absolute Gasteiger partial charge is 0.118 e.